The highest BCUT2D eigenvalue weighted by Gasteiger charge is 2.30. The minimum Gasteiger partial charge on any atom is -0.492 e. The monoisotopic (exact) mass is 335 g/mol. The fourth-order valence-corrected chi connectivity index (χ4v) is 4.68. The van der Waals surface area contributed by atoms with E-state index in [0.29, 0.717) is 0 Å². The molecule has 116 valence electrons. The summed E-state index contributed by atoms with van der Waals surface area (Å²) in [4.78, 5) is 10.6. The lowest BCUT2D eigenvalue weighted by Crippen LogP contribution is -2.46. The average Bonchev–Trinajstić information content (AvgIpc) is 3.23. The average molecular weight is 335 g/mol. The first-order valence-corrected chi connectivity index (χ1v) is 8.96. The second kappa shape index (κ2) is 5.62. The van der Waals surface area contributed by atoms with Crippen molar-refractivity contribution in [2.24, 2.45) is 0 Å². The van der Waals surface area contributed by atoms with E-state index in [2.05, 4.69) is 43.8 Å². The summed E-state index contributed by atoms with van der Waals surface area (Å²) >= 11 is 3.21. The van der Waals surface area contributed by atoms with E-state index < -0.39 is 0 Å². The quantitative estimate of drug-likeness (QED) is 0.792. The standard InChI is InChI=1S/C14H17N5OS2/c1-17-3-5-18(6-4-17)11(10-2-7-21-8-10)12-13(20)19-14(22-12)15-9-16-19/h2,7-9,11,20H,3-6H2,1H3. The predicted octanol–water partition coefficient (Wildman–Crippen LogP) is 1.89. The molecule has 0 bridgehead atoms. The van der Waals surface area contributed by atoms with Crippen molar-refractivity contribution >= 4 is 27.6 Å². The molecule has 0 spiro atoms. The molecule has 1 aliphatic heterocycles. The topological polar surface area (TPSA) is 56.9 Å². The van der Waals surface area contributed by atoms with Crippen molar-refractivity contribution in [1.29, 1.82) is 0 Å². The molecule has 1 saturated heterocycles. The summed E-state index contributed by atoms with van der Waals surface area (Å²) in [6, 6.07) is 2.22. The number of fused-ring (bicyclic) bond motifs is 1. The van der Waals surface area contributed by atoms with Crippen LogP contribution in [0.25, 0.3) is 4.96 Å². The Morgan fingerprint density at radius 2 is 2.09 bits per heavy atom. The van der Waals surface area contributed by atoms with Crippen LogP contribution in [0.5, 0.6) is 5.88 Å². The van der Waals surface area contributed by atoms with E-state index in [9.17, 15) is 5.11 Å². The highest BCUT2D eigenvalue weighted by molar-refractivity contribution is 7.17. The summed E-state index contributed by atoms with van der Waals surface area (Å²) in [5.74, 6) is 0.215. The Morgan fingerprint density at radius 1 is 1.27 bits per heavy atom. The van der Waals surface area contributed by atoms with Gasteiger partial charge in [0.25, 0.3) is 0 Å². The van der Waals surface area contributed by atoms with Gasteiger partial charge in [0, 0.05) is 26.2 Å². The van der Waals surface area contributed by atoms with Gasteiger partial charge >= 0.3 is 0 Å². The third-order valence-electron chi connectivity index (χ3n) is 4.15. The minimum atomic E-state index is 0.0773. The number of piperazine rings is 1. The molecule has 4 rings (SSSR count). The van der Waals surface area contributed by atoms with Crippen LogP contribution in [0.1, 0.15) is 16.5 Å². The lowest BCUT2D eigenvalue weighted by molar-refractivity contribution is 0.127. The molecule has 1 aliphatic rings. The van der Waals surface area contributed by atoms with Gasteiger partial charge in [-0.15, -0.1) is 0 Å². The first-order chi connectivity index (χ1) is 10.7. The molecule has 4 heterocycles. The van der Waals surface area contributed by atoms with Crippen LogP contribution in [0.2, 0.25) is 0 Å². The van der Waals surface area contributed by atoms with Crippen LogP contribution in [-0.4, -0.2) is 62.7 Å². The Hall–Kier alpha value is -1.48. The van der Waals surface area contributed by atoms with Crippen LogP contribution in [0.15, 0.2) is 23.2 Å². The van der Waals surface area contributed by atoms with Crippen molar-refractivity contribution in [3.63, 3.8) is 0 Å². The second-order valence-electron chi connectivity index (χ2n) is 5.54. The fraction of sp³-hybridized carbons (Fsp3) is 0.429. The molecule has 0 aliphatic carbocycles. The third-order valence-corrected chi connectivity index (χ3v) is 5.94. The number of hydrogen-bond donors (Lipinski definition) is 1. The van der Waals surface area contributed by atoms with Crippen LogP contribution in [0, 0.1) is 0 Å². The van der Waals surface area contributed by atoms with E-state index in [4.69, 9.17) is 0 Å². The van der Waals surface area contributed by atoms with E-state index in [1.54, 1.807) is 11.3 Å². The minimum absolute atomic E-state index is 0.0773. The van der Waals surface area contributed by atoms with Gasteiger partial charge < -0.3 is 10.0 Å². The molecule has 3 aromatic rings. The molecule has 6 nitrogen and oxygen atoms in total. The fourth-order valence-electron chi connectivity index (χ4n) is 2.91. The van der Waals surface area contributed by atoms with Crippen molar-refractivity contribution in [2.45, 2.75) is 6.04 Å². The number of rotatable bonds is 3. The SMILES string of the molecule is CN1CCN(C(c2ccsc2)c2sc3ncnn3c2O)CC1. The Morgan fingerprint density at radius 3 is 2.77 bits per heavy atom. The molecule has 0 radical (unpaired) electrons. The molecular formula is C14H17N5OS2. The smallest absolute Gasteiger partial charge is 0.230 e. The van der Waals surface area contributed by atoms with Gasteiger partial charge in [-0.1, -0.05) is 11.3 Å². The highest BCUT2D eigenvalue weighted by Crippen LogP contribution is 2.40. The molecule has 0 amide bonds. The molecule has 1 unspecified atom stereocenters. The molecule has 1 fully saturated rings. The Bertz CT molecular complexity index is 757. The van der Waals surface area contributed by atoms with Crippen LogP contribution in [-0.2, 0) is 0 Å². The third kappa shape index (κ3) is 2.32. The van der Waals surface area contributed by atoms with Gasteiger partial charge in [-0.25, -0.2) is 4.98 Å². The number of likely N-dealkylation sites (N-methyl/N-ethyl adjacent to an activating group) is 1. The van der Waals surface area contributed by atoms with Crippen molar-refractivity contribution in [1.82, 2.24) is 24.4 Å². The summed E-state index contributed by atoms with van der Waals surface area (Å²) < 4.78 is 1.52. The molecule has 22 heavy (non-hydrogen) atoms. The first kappa shape index (κ1) is 14.1. The molecule has 3 aromatic heterocycles. The van der Waals surface area contributed by atoms with Gasteiger partial charge in [-0.3, -0.25) is 4.90 Å². The molecule has 0 aromatic carbocycles. The number of thiophene rings is 1. The van der Waals surface area contributed by atoms with Crippen LogP contribution in [0.4, 0.5) is 0 Å². The van der Waals surface area contributed by atoms with E-state index in [-0.39, 0.29) is 11.9 Å². The predicted molar refractivity (Wildman–Crippen MR) is 87.8 cm³/mol. The maximum Gasteiger partial charge on any atom is 0.230 e. The van der Waals surface area contributed by atoms with Crippen molar-refractivity contribution < 1.29 is 5.11 Å². The molecular weight excluding hydrogens is 318 g/mol. The summed E-state index contributed by atoms with van der Waals surface area (Å²) in [5.41, 5.74) is 1.23. The van der Waals surface area contributed by atoms with Gasteiger partial charge in [0.2, 0.25) is 10.8 Å². The van der Waals surface area contributed by atoms with E-state index in [1.807, 2.05) is 0 Å². The zero-order chi connectivity index (χ0) is 15.1. The van der Waals surface area contributed by atoms with Gasteiger partial charge in [0.15, 0.2) is 0 Å². The van der Waals surface area contributed by atoms with Gasteiger partial charge in [-0.05, 0) is 29.4 Å². The zero-order valence-corrected chi connectivity index (χ0v) is 13.8. The number of aromatic hydroxyl groups is 1. The summed E-state index contributed by atoms with van der Waals surface area (Å²) in [7, 11) is 2.15. The van der Waals surface area contributed by atoms with Crippen molar-refractivity contribution in [2.75, 3.05) is 33.2 Å². The lowest BCUT2D eigenvalue weighted by Gasteiger charge is -2.37. The van der Waals surface area contributed by atoms with Gasteiger partial charge in [0.1, 0.15) is 6.33 Å². The van der Waals surface area contributed by atoms with Gasteiger partial charge in [-0.2, -0.15) is 21.0 Å². The molecule has 0 saturated carbocycles. The molecule has 8 heteroatoms. The Balaban J connectivity index is 1.77. The maximum atomic E-state index is 10.6. The normalized spacial score (nSPS) is 19.0. The van der Waals surface area contributed by atoms with Crippen molar-refractivity contribution in [3.05, 3.63) is 33.6 Å². The number of hydrogen-bond acceptors (Lipinski definition) is 7. The van der Waals surface area contributed by atoms with Crippen LogP contribution < -0.4 is 0 Å². The molecule has 1 N–H and O–H groups in total. The summed E-state index contributed by atoms with van der Waals surface area (Å²) in [6.45, 7) is 4.07. The van der Waals surface area contributed by atoms with Crippen LogP contribution in [0.3, 0.4) is 0 Å². The summed E-state index contributed by atoms with van der Waals surface area (Å²) in [6.07, 6.45) is 1.48. The Labute approximate surface area is 136 Å². The largest absolute Gasteiger partial charge is 0.492 e. The van der Waals surface area contributed by atoms with Crippen LogP contribution >= 0.6 is 22.7 Å². The van der Waals surface area contributed by atoms with E-state index >= 15 is 0 Å². The first-order valence-electron chi connectivity index (χ1n) is 7.20. The zero-order valence-electron chi connectivity index (χ0n) is 12.2. The lowest BCUT2D eigenvalue weighted by atomic mass is 10.1. The highest BCUT2D eigenvalue weighted by atomic mass is 32.1. The second-order valence-corrected chi connectivity index (χ2v) is 7.33. The number of thiazole rings is 1. The van der Waals surface area contributed by atoms with E-state index in [0.717, 1.165) is 36.0 Å². The molecule has 1 atom stereocenters. The Kier molecular flexibility index (Phi) is 3.61. The maximum absolute atomic E-state index is 10.6. The van der Waals surface area contributed by atoms with Gasteiger partial charge in [0.05, 0.1) is 10.9 Å². The van der Waals surface area contributed by atoms with E-state index in [1.165, 1.54) is 27.7 Å². The van der Waals surface area contributed by atoms with Crippen molar-refractivity contribution in [3.8, 4) is 5.88 Å². The summed E-state index contributed by atoms with van der Waals surface area (Å²) in [5, 5.41) is 18.9. The number of nitrogens with zero attached hydrogens (tertiary/aromatic N) is 5. The number of aromatic nitrogens is 3.